The van der Waals surface area contributed by atoms with Crippen molar-refractivity contribution in [1.82, 2.24) is 0 Å². The Morgan fingerprint density at radius 1 is 0.520 bits per heavy atom. The van der Waals surface area contributed by atoms with Crippen LogP contribution in [0.5, 0.6) is 0 Å². The third-order valence-electron chi connectivity index (χ3n) is 4.28. The van der Waals surface area contributed by atoms with Crippen molar-refractivity contribution in [1.29, 1.82) is 0 Å². The van der Waals surface area contributed by atoms with Gasteiger partial charge in [-0.25, -0.2) is 0 Å². The summed E-state index contributed by atoms with van der Waals surface area (Å²) in [5.74, 6) is -0.213. The van der Waals surface area contributed by atoms with Gasteiger partial charge < -0.3 is 9.47 Å². The quantitative estimate of drug-likeness (QED) is 0.224. The largest absolute Gasteiger partial charge is 0.466 e. The minimum absolute atomic E-state index is 0.106. The maximum atomic E-state index is 11.6. The highest BCUT2D eigenvalue weighted by Crippen LogP contribution is 2.08. The third-order valence-corrected chi connectivity index (χ3v) is 4.28. The molecule has 4 heteroatoms. The lowest BCUT2D eigenvalue weighted by Gasteiger charge is -2.06. The Bertz CT molecular complexity index is 285. The molecule has 0 unspecified atom stereocenters. The first-order valence-electron chi connectivity index (χ1n) is 10.5. The van der Waals surface area contributed by atoms with E-state index in [9.17, 15) is 9.59 Å². The van der Waals surface area contributed by atoms with Crippen LogP contribution >= 0.6 is 0 Å². The molecule has 0 fully saturated rings. The van der Waals surface area contributed by atoms with Gasteiger partial charge in [0, 0.05) is 12.8 Å². The second-order valence-corrected chi connectivity index (χ2v) is 6.83. The zero-order valence-electron chi connectivity index (χ0n) is 16.7. The van der Waals surface area contributed by atoms with E-state index in [0.29, 0.717) is 26.1 Å². The topological polar surface area (TPSA) is 52.6 Å². The zero-order chi connectivity index (χ0) is 18.6. The summed E-state index contributed by atoms with van der Waals surface area (Å²) < 4.78 is 10.4. The van der Waals surface area contributed by atoms with E-state index in [2.05, 4.69) is 13.8 Å². The Kier molecular flexibility index (Phi) is 18.5. The van der Waals surface area contributed by atoms with Gasteiger partial charge in [-0.2, -0.15) is 0 Å². The van der Waals surface area contributed by atoms with Crippen molar-refractivity contribution in [3.05, 3.63) is 0 Å². The van der Waals surface area contributed by atoms with E-state index in [1.54, 1.807) is 0 Å². The van der Waals surface area contributed by atoms with Gasteiger partial charge in [-0.1, -0.05) is 71.6 Å². The van der Waals surface area contributed by atoms with E-state index in [1.165, 1.54) is 38.5 Å². The molecule has 0 aromatic carbocycles. The Labute approximate surface area is 155 Å². The van der Waals surface area contributed by atoms with Crippen molar-refractivity contribution in [3.8, 4) is 0 Å². The molecule has 0 saturated heterocycles. The van der Waals surface area contributed by atoms with Crippen molar-refractivity contribution in [3.63, 3.8) is 0 Å². The van der Waals surface area contributed by atoms with E-state index < -0.39 is 0 Å². The van der Waals surface area contributed by atoms with Crippen molar-refractivity contribution >= 4 is 11.9 Å². The van der Waals surface area contributed by atoms with E-state index in [4.69, 9.17) is 9.47 Å². The molecular weight excluding hydrogens is 316 g/mol. The fourth-order valence-electron chi connectivity index (χ4n) is 2.64. The van der Waals surface area contributed by atoms with E-state index in [-0.39, 0.29) is 11.9 Å². The average Bonchev–Trinajstić information content (AvgIpc) is 2.60. The van der Waals surface area contributed by atoms with Gasteiger partial charge in [-0.3, -0.25) is 9.59 Å². The summed E-state index contributed by atoms with van der Waals surface area (Å²) in [7, 11) is 0. The van der Waals surface area contributed by atoms with Crippen LogP contribution < -0.4 is 0 Å². The van der Waals surface area contributed by atoms with E-state index in [0.717, 1.165) is 44.9 Å². The second kappa shape index (κ2) is 19.3. The van der Waals surface area contributed by atoms with E-state index in [1.807, 2.05) is 0 Å². The predicted octanol–water partition coefficient (Wildman–Crippen LogP) is 5.96. The number of carbonyl (C=O) groups is 2. The third kappa shape index (κ3) is 19.1. The highest BCUT2D eigenvalue weighted by Gasteiger charge is 2.05. The van der Waals surface area contributed by atoms with Crippen molar-refractivity contribution in [2.24, 2.45) is 0 Å². The lowest BCUT2D eigenvalue weighted by atomic mass is 10.1. The molecule has 148 valence electrons. The molecule has 0 radical (unpaired) electrons. The molecule has 0 aliphatic rings. The van der Waals surface area contributed by atoms with Crippen LogP contribution in [0.2, 0.25) is 0 Å². The molecule has 4 nitrogen and oxygen atoms in total. The molecule has 0 spiro atoms. The summed E-state index contributed by atoms with van der Waals surface area (Å²) in [5, 5.41) is 0. The van der Waals surface area contributed by atoms with Gasteiger partial charge >= 0.3 is 11.9 Å². The molecule has 0 saturated carbocycles. The Morgan fingerprint density at radius 2 is 0.880 bits per heavy atom. The summed E-state index contributed by atoms with van der Waals surface area (Å²) in [5.41, 5.74) is 0. The lowest BCUT2D eigenvalue weighted by molar-refractivity contribution is -0.144. The van der Waals surface area contributed by atoms with Gasteiger partial charge in [0.2, 0.25) is 0 Å². The highest BCUT2D eigenvalue weighted by molar-refractivity contribution is 5.69. The molecule has 0 amide bonds. The van der Waals surface area contributed by atoms with Crippen molar-refractivity contribution in [2.45, 2.75) is 110 Å². The second-order valence-electron chi connectivity index (χ2n) is 6.83. The smallest absolute Gasteiger partial charge is 0.305 e. The molecule has 25 heavy (non-hydrogen) atoms. The highest BCUT2D eigenvalue weighted by atomic mass is 16.5. The molecule has 0 heterocycles. The van der Waals surface area contributed by atoms with Crippen LogP contribution in [0.25, 0.3) is 0 Å². The molecule has 0 rings (SSSR count). The summed E-state index contributed by atoms with van der Waals surface area (Å²) >= 11 is 0. The fourth-order valence-corrected chi connectivity index (χ4v) is 2.64. The minimum atomic E-state index is -0.106. The first kappa shape index (κ1) is 23.9. The first-order valence-corrected chi connectivity index (χ1v) is 10.5. The van der Waals surface area contributed by atoms with Gasteiger partial charge in [-0.05, 0) is 25.7 Å². The SMILES string of the molecule is CCCCCCCOC(=O)CCCCCC(=O)OCCCCCCC. The Hall–Kier alpha value is -1.06. The Morgan fingerprint density at radius 3 is 1.28 bits per heavy atom. The van der Waals surface area contributed by atoms with Crippen LogP contribution in [-0.4, -0.2) is 25.2 Å². The number of rotatable bonds is 18. The molecule has 0 atom stereocenters. The van der Waals surface area contributed by atoms with Crippen LogP contribution in [0.3, 0.4) is 0 Å². The average molecular weight is 357 g/mol. The molecule has 0 aliphatic heterocycles. The summed E-state index contributed by atoms with van der Waals surface area (Å²) in [6, 6.07) is 0. The van der Waals surface area contributed by atoms with Crippen LogP contribution in [0, 0.1) is 0 Å². The minimum Gasteiger partial charge on any atom is -0.466 e. The molecule has 0 aromatic heterocycles. The van der Waals surface area contributed by atoms with Crippen LogP contribution in [-0.2, 0) is 19.1 Å². The van der Waals surface area contributed by atoms with Gasteiger partial charge in [0.1, 0.15) is 0 Å². The van der Waals surface area contributed by atoms with Crippen LogP contribution in [0.15, 0.2) is 0 Å². The van der Waals surface area contributed by atoms with Gasteiger partial charge in [-0.15, -0.1) is 0 Å². The standard InChI is InChI=1S/C21H40O4/c1-3-5-7-9-14-18-24-20(22)16-12-11-13-17-21(23)25-19-15-10-8-6-4-2/h3-19H2,1-2H3. The van der Waals surface area contributed by atoms with Crippen LogP contribution in [0.4, 0.5) is 0 Å². The zero-order valence-corrected chi connectivity index (χ0v) is 16.7. The van der Waals surface area contributed by atoms with Crippen LogP contribution in [0.1, 0.15) is 110 Å². The molecule has 0 bridgehead atoms. The number of carbonyl (C=O) groups excluding carboxylic acids is 2. The number of hydrogen-bond donors (Lipinski definition) is 0. The van der Waals surface area contributed by atoms with Gasteiger partial charge in [0.05, 0.1) is 13.2 Å². The molecule has 0 N–H and O–H groups in total. The summed E-state index contributed by atoms with van der Waals surface area (Å²) in [4.78, 5) is 23.1. The first-order chi connectivity index (χ1) is 12.2. The number of esters is 2. The van der Waals surface area contributed by atoms with Crippen molar-refractivity contribution < 1.29 is 19.1 Å². The maximum absolute atomic E-state index is 11.6. The normalized spacial score (nSPS) is 10.6. The van der Waals surface area contributed by atoms with Gasteiger partial charge in [0.15, 0.2) is 0 Å². The molecule has 0 aromatic rings. The van der Waals surface area contributed by atoms with Crippen molar-refractivity contribution in [2.75, 3.05) is 13.2 Å². The maximum Gasteiger partial charge on any atom is 0.305 e. The monoisotopic (exact) mass is 356 g/mol. The number of ether oxygens (including phenoxy) is 2. The lowest BCUT2D eigenvalue weighted by Crippen LogP contribution is -2.07. The molecular formula is C21H40O4. The van der Waals surface area contributed by atoms with E-state index >= 15 is 0 Å². The number of unbranched alkanes of at least 4 members (excludes halogenated alkanes) is 10. The Balaban J connectivity index is 3.30. The summed E-state index contributed by atoms with van der Waals surface area (Å²) in [6.07, 6.45) is 15.0. The predicted molar refractivity (Wildman–Crippen MR) is 103 cm³/mol. The number of hydrogen-bond acceptors (Lipinski definition) is 4. The fraction of sp³-hybridized carbons (Fsp3) is 0.905. The molecule has 0 aliphatic carbocycles. The summed E-state index contributed by atoms with van der Waals surface area (Å²) in [6.45, 7) is 5.48. The van der Waals surface area contributed by atoms with Gasteiger partial charge in [0.25, 0.3) is 0 Å².